The highest BCUT2D eigenvalue weighted by Crippen LogP contribution is 2.16. The lowest BCUT2D eigenvalue weighted by Gasteiger charge is -2.24. The fourth-order valence-electron chi connectivity index (χ4n) is 3.10. The Balaban J connectivity index is 2.26. The van der Waals surface area contributed by atoms with E-state index >= 15 is 0 Å². The van der Waals surface area contributed by atoms with Gasteiger partial charge in [0.25, 0.3) is 0 Å². The van der Waals surface area contributed by atoms with Gasteiger partial charge in [-0.1, -0.05) is 96.3 Å². The largest absolute Gasteiger partial charge is 0.371 e. The zero-order valence-corrected chi connectivity index (χ0v) is 15.7. The Morgan fingerprint density at radius 3 is 1.70 bits per heavy atom. The topological polar surface area (TPSA) is 3.24 Å². The molecule has 0 heterocycles. The SMILES string of the molecule is CCCCCCCCN(CCCCCCCC)c1[c]cccc1. The van der Waals surface area contributed by atoms with Gasteiger partial charge in [0.1, 0.15) is 0 Å². The fourth-order valence-corrected chi connectivity index (χ4v) is 3.10. The number of benzene rings is 1. The highest BCUT2D eigenvalue weighted by atomic mass is 15.1. The van der Waals surface area contributed by atoms with Crippen LogP contribution in [0, 0.1) is 6.07 Å². The van der Waals surface area contributed by atoms with Crippen LogP contribution in [0.2, 0.25) is 0 Å². The molecule has 0 saturated heterocycles. The molecule has 0 fully saturated rings. The molecule has 0 aliphatic carbocycles. The van der Waals surface area contributed by atoms with Crippen LogP contribution in [0.4, 0.5) is 5.69 Å². The summed E-state index contributed by atoms with van der Waals surface area (Å²) >= 11 is 0. The summed E-state index contributed by atoms with van der Waals surface area (Å²) in [6.45, 7) is 6.96. The second-order valence-corrected chi connectivity index (χ2v) is 6.77. The second kappa shape index (κ2) is 14.6. The number of nitrogens with zero attached hydrogens (tertiary/aromatic N) is 1. The van der Waals surface area contributed by atoms with Crippen LogP contribution in [-0.4, -0.2) is 13.1 Å². The summed E-state index contributed by atoms with van der Waals surface area (Å²) < 4.78 is 0. The molecule has 0 aliphatic rings. The van der Waals surface area contributed by atoms with Crippen LogP contribution in [0.25, 0.3) is 0 Å². The number of anilines is 1. The van der Waals surface area contributed by atoms with Crippen molar-refractivity contribution in [3.63, 3.8) is 0 Å². The molecular weight excluding hydrogens is 278 g/mol. The van der Waals surface area contributed by atoms with Gasteiger partial charge in [0.2, 0.25) is 0 Å². The van der Waals surface area contributed by atoms with Gasteiger partial charge in [0.05, 0.1) is 0 Å². The molecule has 1 radical (unpaired) electrons. The van der Waals surface area contributed by atoms with Crippen LogP contribution < -0.4 is 4.90 Å². The summed E-state index contributed by atoms with van der Waals surface area (Å²) in [5.74, 6) is 0. The molecule has 1 aromatic rings. The lowest BCUT2D eigenvalue weighted by Crippen LogP contribution is -2.25. The van der Waals surface area contributed by atoms with Gasteiger partial charge in [0, 0.05) is 24.8 Å². The van der Waals surface area contributed by atoms with Gasteiger partial charge in [-0.25, -0.2) is 0 Å². The number of rotatable bonds is 15. The van der Waals surface area contributed by atoms with E-state index in [4.69, 9.17) is 0 Å². The summed E-state index contributed by atoms with van der Waals surface area (Å²) in [6.07, 6.45) is 16.5. The van der Waals surface area contributed by atoms with E-state index < -0.39 is 0 Å². The highest BCUT2D eigenvalue weighted by Gasteiger charge is 2.05. The molecule has 1 heteroatoms. The lowest BCUT2D eigenvalue weighted by molar-refractivity contribution is 0.575. The lowest BCUT2D eigenvalue weighted by atomic mass is 10.1. The van der Waals surface area contributed by atoms with Gasteiger partial charge in [-0.15, -0.1) is 0 Å². The van der Waals surface area contributed by atoms with Crippen molar-refractivity contribution in [1.82, 2.24) is 0 Å². The molecule has 0 atom stereocenters. The van der Waals surface area contributed by atoms with Gasteiger partial charge in [-0.3, -0.25) is 0 Å². The smallest absolute Gasteiger partial charge is 0.0446 e. The van der Waals surface area contributed by atoms with Gasteiger partial charge in [-0.05, 0) is 18.9 Å². The zero-order valence-electron chi connectivity index (χ0n) is 15.7. The van der Waals surface area contributed by atoms with Crippen molar-refractivity contribution < 1.29 is 0 Å². The average Bonchev–Trinajstić information content (AvgIpc) is 2.60. The molecule has 0 aromatic heterocycles. The van der Waals surface area contributed by atoms with Crippen molar-refractivity contribution in [1.29, 1.82) is 0 Å². The molecule has 0 saturated carbocycles. The van der Waals surface area contributed by atoms with Crippen molar-refractivity contribution in [3.8, 4) is 0 Å². The molecular formula is C22H38N. The minimum Gasteiger partial charge on any atom is -0.371 e. The molecule has 1 aromatic carbocycles. The van der Waals surface area contributed by atoms with E-state index in [9.17, 15) is 0 Å². The monoisotopic (exact) mass is 316 g/mol. The first kappa shape index (κ1) is 20.1. The molecule has 0 bridgehead atoms. The third-order valence-electron chi connectivity index (χ3n) is 4.60. The fraction of sp³-hybridized carbons (Fsp3) is 0.727. The maximum atomic E-state index is 3.42. The second-order valence-electron chi connectivity index (χ2n) is 6.77. The Labute approximate surface area is 145 Å². The minimum atomic E-state index is 1.20. The average molecular weight is 317 g/mol. The maximum absolute atomic E-state index is 3.42. The van der Waals surface area contributed by atoms with Crippen molar-refractivity contribution in [2.75, 3.05) is 18.0 Å². The van der Waals surface area contributed by atoms with Crippen LogP contribution in [0.3, 0.4) is 0 Å². The summed E-state index contributed by atoms with van der Waals surface area (Å²) in [4.78, 5) is 2.56. The number of unbranched alkanes of at least 4 members (excludes halogenated alkanes) is 10. The maximum Gasteiger partial charge on any atom is 0.0446 e. The summed E-state index contributed by atoms with van der Waals surface area (Å²) in [6, 6.07) is 11.9. The first-order chi connectivity index (χ1) is 11.4. The predicted molar refractivity (Wildman–Crippen MR) is 104 cm³/mol. The Morgan fingerprint density at radius 1 is 0.696 bits per heavy atom. The summed E-state index contributed by atoms with van der Waals surface area (Å²) in [5.41, 5.74) is 1.29. The molecule has 0 unspecified atom stereocenters. The van der Waals surface area contributed by atoms with Crippen LogP contribution in [0.1, 0.15) is 90.9 Å². The molecule has 1 nitrogen and oxygen atoms in total. The third-order valence-corrected chi connectivity index (χ3v) is 4.60. The first-order valence-corrected chi connectivity index (χ1v) is 10.1. The van der Waals surface area contributed by atoms with Gasteiger partial charge >= 0.3 is 0 Å². The molecule has 131 valence electrons. The Hall–Kier alpha value is -0.980. The van der Waals surface area contributed by atoms with Gasteiger partial charge < -0.3 is 4.90 Å². The Kier molecular flexibility index (Phi) is 12.7. The van der Waals surface area contributed by atoms with Gasteiger partial charge in [-0.2, -0.15) is 0 Å². The van der Waals surface area contributed by atoms with E-state index in [0.717, 1.165) is 0 Å². The molecule has 1 rings (SSSR count). The number of hydrogen-bond acceptors (Lipinski definition) is 1. The van der Waals surface area contributed by atoms with Crippen LogP contribution in [0.5, 0.6) is 0 Å². The van der Waals surface area contributed by atoms with Crippen LogP contribution in [-0.2, 0) is 0 Å². The van der Waals surface area contributed by atoms with E-state index in [0.29, 0.717) is 0 Å². The van der Waals surface area contributed by atoms with E-state index in [-0.39, 0.29) is 0 Å². The van der Waals surface area contributed by atoms with Crippen molar-refractivity contribution >= 4 is 5.69 Å². The van der Waals surface area contributed by atoms with Gasteiger partial charge in [0.15, 0.2) is 0 Å². The summed E-state index contributed by atoms with van der Waals surface area (Å²) in [7, 11) is 0. The Morgan fingerprint density at radius 2 is 1.22 bits per heavy atom. The zero-order chi connectivity index (χ0) is 16.6. The Bertz CT molecular complexity index is 330. The highest BCUT2D eigenvalue weighted by molar-refractivity contribution is 5.44. The van der Waals surface area contributed by atoms with E-state index in [1.807, 2.05) is 6.07 Å². The predicted octanol–water partition coefficient (Wildman–Crippen LogP) is 7.01. The number of para-hydroxylation sites is 1. The van der Waals surface area contributed by atoms with E-state index in [1.165, 1.54) is 95.8 Å². The molecule has 23 heavy (non-hydrogen) atoms. The van der Waals surface area contributed by atoms with Crippen LogP contribution in [0.15, 0.2) is 24.3 Å². The molecule has 0 N–H and O–H groups in total. The minimum absolute atomic E-state index is 1.20. The molecule has 0 amide bonds. The molecule has 0 aliphatic heterocycles. The standard InChI is InChI=1S/C22H38N/c1-3-5-7-9-11-16-20-23(22-18-14-13-15-19-22)21-17-12-10-8-6-4-2/h13-15,18H,3-12,16-17,20-21H2,1-2H3. The van der Waals surface area contributed by atoms with Crippen LogP contribution >= 0.6 is 0 Å². The van der Waals surface area contributed by atoms with Crippen molar-refractivity contribution in [2.24, 2.45) is 0 Å². The molecule has 0 spiro atoms. The van der Waals surface area contributed by atoms with E-state index in [2.05, 4.69) is 43.0 Å². The van der Waals surface area contributed by atoms with Crippen molar-refractivity contribution in [2.45, 2.75) is 90.9 Å². The number of hydrogen-bond donors (Lipinski definition) is 0. The summed E-state index contributed by atoms with van der Waals surface area (Å²) in [5, 5.41) is 0. The normalized spacial score (nSPS) is 10.9. The first-order valence-electron chi connectivity index (χ1n) is 10.1. The quantitative estimate of drug-likeness (QED) is 0.314. The van der Waals surface area contributed by atoms with Crippen molar-refractivity contribution in [3.05, 3.63) is 30.3 Å². The third kappa shape index (κ3) is 10.4. The van der Waals surface area contributed by atoms with E-state index in [1.54, 1.807) is 0 Å².